The van der Waals surface area contributed by atoms with Crippen molar-refractivity contribution < 1.29 is 13.2 Å². The molecule has 1 heterocycles. The fourth-order valence-corrected chi connectivity index (χ4v) is 3.40. The van der Waals surface area contributed by atoms with Crippen molar-refractivity contribution in [3.8, 4) is 17.6 Å². The van der Waals surface area contributed by atoms with Crippen molar-refractivity contribution in [1.29, 1.82) is 0 Å². The van der Waals surface area contributed by atoms with Gasteiger partial charge in [0, 0.05) is 11.6 Å². The Bertz CT molecular complexity index is 1160. The van der Waals surface area contributed by atoms with E-state index >= 15 is 0 Å². The zero-order chi connectivity index (χ0) is 20.1. The number of nitrogen functional groups attached to an aromatic ring is 2. The highest BCUT2D eigenvalue weighted by atomic mass is 32.2. The average molecular weight is 395 g/mol. The van der Waals surface area contributed by atoms with Gasteiger partial charge in [-0.25, -0.2) is 18.4 Å². The number of hydrogen-bond donors (Lipinski definition) is 3. The molecule has 0 atom stereocenters. The molecule has 0 aliphatic heterocycles. The standard InChI is InChI=1S/C19H17N5O3S/c1-27-15-6-3-7-16(11-15)28(25,26)24-14-5-2-4-13(10-14)8-9-17-18(20)22-12-23-19(17)21/h2-7,10-12,24H,1H3,(H4,20,21,22,23). The Kier molecular flexibility index (Phi) is 5.33. The number of methoxy groups -OCH3 is 1. The Morgan fingerprint density at radius 1 is 1.00 bits per heavy atom. The Balaban J connectivity index is 1.87. The summed E-state index contributed by atoms with van der Waals surface area (Å²) in [4.78, 5) is 7.78. The summed E-state index contributed by atoms with van der Waals surface area (Å²) in [7, 11) is -2.31. The van der Waals surface area contributed by atoms with Crippen LogP contribution in [0.25, 0.3) is 0 Å². The van der Waals surface area contributed by atoms with Crippen LogP contribution in [0.5, 0.6) is 5.75 Å². The minimum absolute atomic E-state index is 0.0883. The zero-order valence-electron chi connectivity index (χ0n) is 14.9. The Morgan fingerprint density at radius 2 is 1.71 bits per heavy atom. The summed E-state index contributed by atoms with van der Waals surface area (Å²) >= 11 is 0. The van der Waals surface area contributed by atoms with E-state index in [0.717, 1.165) is 0 Å². The van der Waals surface area contributed by atoms with E-state index in [1.54, 1.807) is 36.4 Å². The molecule has 28 heavy (non-hydrogen) atoms. The molecular formula is C19H17N5O3S. The molecule has 0 unspecified atom stereocenters. The van der Waals surface area contributed by atoms with Gasteiger partial charge >= 0.3 is 0 Å². The molecule has 0 fully saturated rings. The van der Waals surface area contributed by atoms with Crippen LogP contribution in [0.2, 0.25) is 0 Å². The molecule has 142 valence electrons. The molecule has 0 saturated carbocycles. The minimum Gasteiger partial charge on any atom is -0.497 e. The van der Waals surface area contributed by atoms with Crippen molar-refractivity contribution in [2.24, 2.45) is 0 Å². The third-order valence-corrected chi connectivity index (χ3v) is 5.08. The van der Waals surface area contributed by atoms with Crippen LogP contribution in [-0.4, -0.2) is 25.5 Å². The van der Waals surface area contributed by atoms with Crippen molar-refractivity contribution in [3.05, 3.63) is 66.0 Å². The molecule has 3 rings (SSSR count). The van der Waals surface area contributed by atoms with Gasteiger partial charge in [0.2, 0.25) is 0 Å². The van der Waals surface area contributed by atoms with Crippen molar-refractivity contribution in [2.45, 2.75) is 4.90 Å². The molecule has 0 aliphatic rings. The van der Waals surface area contributed by atoms with Crippen molar-refractivity contribution in [3.63, 3.8) is 0 Å². The molecule has 5 N–H and O–H groups in total. The van der Waals surface area contributed by atoms with Gasteiger partial charge in [0.15, 0.2) is 0 Å². The van der Waals surface area contributed by atoms with Gasteiger partial charge in [-0.05, 0) is 30.3 Å². The lowest BCUT2D eigenvalue weighted by Gasteiger charge is -2.09. The van der Waals surface area contributed by atoms with Crippen LogP contribution in [0, 0.1) is 11.8 Å². The fourth-order valence-electron chi connectivity index (χ4n) is 2.32. The van der Waals surface area contributed by atoms with E-state index in [1.165, 1.54) is 25.6 Å². The maximum atomic E-state index is 12.6. The summed E-state index contributed by atoms with van der Waals surface area (Å²) in [6, 6.07) is 12.8. The number of nitrogens with one attached hydrogen (secondary N) is 1. The second-order valence-electron chi connectivity index (χ2n) is 5.63. The maximum absolute atomic E-state index is 12.6. The molecule has 3 aromatic rings. The van der Waals surface area contributed by atoms with Gasteiger partial charge in [-0.3, -0.25) is 4.72 Å². The normalized spacial score (nSPS) is 10.6. The van der Waals surface area contributed by atoms with Gasteiger partial charge in [-0.1, -0.05) is 24.0 Å². The number of aromatic nitrogens is 2. The highest BCUT2D eigenvalue weighted by Crippen LogP contribution is 2.21. The van der Waals surface area contributed by atoms with Gasteiger partial charge in [0.05, 0.1) is 17.7 Å². The lowest BCUT2D eigenvalue weighted by molar-refractivity contribution is 0.413. The van der Waals surface area contributed by atoms with E-state index in [2.05, 4.69) is 26.5 Å². The van der Waals surface area contributed by atoms with Gasteiger partial charge < -0.3 is 16.2 Å². The lowest BCUT2D eigenvalue weighted by Crippen LogP contribution is -2.13. The number of benzene rings is 2. The Labute approximate surface area is 162 Å². The van der Waals surface area contributed by atoms with Crippen LogP contribution in [0.3, 0.4) is 0 Å². The van der Waals surface area contributed by atoms with Crippen molar-refractivity contribution >= 4 is 27.3 Å². The van der Waals surface area contributed by atoms with Crippen LogP contribution >= 0.6 is 0 Å². The molecule has 0 aliphatic carbocycles. The number of anilines is 3. The second-order valence-corrected chi connectivity index (χ2v) is 7.32. The molecule has 9 heteroatoms. The molecule has 0 bridgehead atoms. The number of hydrogen-bond acceptors (Lipinski definition) is 7. The smallest absolute Gasteiger partial charge is 0.262 e. The molecular weight excluding hydrogens is 378 g/mol. The van der Waals surface area contributed by atoms with Crippen LogP contribution < -0.4 is 20.9 Å². The Morgan fingerprint density at radius 3 is 2.43 bits per heavy atom. The minimum atomic E-state index is -3.78. The maximum Gasteiger partial charge on any atom is 0.262 e. The van der Waals surface area contributed by atoms with Crippen LogP contribution in [0.1, 0.15) is 11.1 Å². The third-order valence-electron chi connectivity index (χ3n) is 3.70. The van der Waals surface area contributed by atoms with E-state index in [1.807, 2.05) is 0 Å². The molecule has 0 saturated heterocycles. The van der Waals surface area contributed by atoms with Gasteiger partial charge in [0.25, 0.3) is 10.0 Å². The number of rotatable bonds is 4. The Hall–Kier alpha value is -3.77. The summed E-state index contributed by atoms with van der Waals surface area (Å²) in [5.74, 6) is 6.50. The van der Waals surface area contributed by atoms with E-state index in [-0.39, 0.29) is 16.5 Å². The first kappa shape index (κ1) is 19.0. The van der Waals surface area contributed by atoms with Crippen molar-refractivity contribution in [1.82, 2.24) is 9.97 Å². The quantitative estimate of drug-likeness (QED) is 0.574. The monoisotopic (exact) mass is 395 g/mol. The number of nitrogens with zero attached hydrogens (tertiary/aromatic N) is 2. The van der Waals surface area contributed by atoms with E-state index in [4.69, 9.17) is 16.2 Å². The SMILES string of the molecule is COc1cccc(S(=O)(=O)Nc2cccc(C#Cc3c(N)ncnc3N)c2)c1. The molecule has 8 nitrogen and oxygen atoms in total. The first-order valence-corrected chi connectivity index (χ1v) is 9.52. The zero-order valence-corrected chi connectivity index (χ0v) is 15.7. The van der Waals surface area contributed by atoms with E-state index in [9.17, 15) is 8.42 Å². The second kappa shape index (κ2) is 7.85. The van der Waals surface area contributed by atoms with E-state index in [0.29, 0.717) is 22.6 Å². The first-order valence-electron chi connectivity index (χ1n) is 8.04. The average Bonchev–Trinajstić information content (AvgIpc) is 2.67. The lowest BCUT2D eigenvalue weighted by atomic mass is 10.2. The molecule has 0 amide bonds. The first-order chi connectivity index (χ1) is 13.4. The largest absolute Gasteiger partial charge is 0.497 e. The van der Waals surface area contributed by atoms with Crippen LogP contribution in [0.4, 0.5) is 17.3 Å². The number of sulfonamides is 1. The number of nitrogens with two attached hydrogens (primary N) is 2. The van der Waals surface area contributed by atoms with Crippen LogP contribution in [-0.2, 0) is 10.0 Å². The van der Waals surface area contributed by atoms with Gasteiger partial charge in [-0.2, -0.15) is 0 Å². The highest BCUT2D eigenvalue weighted by molar-refractivity contribution is 7.92. The highest BCUT2D eigenvalue weighted by Gasteiger charge is 2.15. The number of ether oxygens (including phenoxy) is 1. The predicted octanol–water partition coefficient (Wildman–Crippen LogP) is 1.85. The van der Waals surface area contributed by atoms with Gasteiger partial charge in [-0.15, -0.1) is 0 Å². The topological polar surface area (TPSA) is 133 Å². The molecule has 2 aromatic carbocycles. The molecule has 0 radical (unpaired) electrons. The van der Waals surface area contributed by atoms with Gasteiger partial charge in [0.1, 0.15) is 29.3 Å². The summed E-state index contributed by atoms with van der Waals surface area (Å²) in [5, 5.41) is 0. The summed E-state index contributed by atoms with van der Waals surface area (Å²) < 4.78 is 32.8. The van der Waals surface area contributed by atoms with Crippen molar-refractivity contribution in [2.75, 3.05) is 23.3 Å². The van der Waals surface area contributed by atoms with Crippen LogP contribution in [0.15, 0.2) is 59.8 Å². The molecule has 1 aromatic heterocycles. The fraction of sp³-hybridized carbons (Fsp3) is 0.0526. The third kappa shape index (κ3) is 4.31. The summed E-state index contributed by atoms with van der Waals surface area (Å²) in [6.07, 6.45) is 1.25. The summed E-state index contributed by atoms with van der Waals surface area (Å²) in [5.41, 5.74) is 12.8. The predicted molar refractivity (Wildman–Crippen MR) is 107 cm³/mol. The van der Waals surface area contributed by atoms with E-state index < -0.39 is 10.0 Å². The summed E-state index contributed by atoms with van der Waals surface area (Å²) in [6.45, 7) is 0. The molecule has 0 spiro atoms.